The summed E-state index contributed by atoms with van der Waals surface area (Å²) in [5.41, 5.74) is 0.0162. The highest BCUT2D eigenvalue weighted by molar-refractivity contribution is 5.89. The second-order valence-corrected chi connectivity index (χ2v) is 7.80. The first-order valence-corrected chi connectivity index (χ1v) is 10.0. The van der Waals surface area contributed by atoms with Gasteiger partial charge in [-0.1, -0.05) is 6.07 Å². The normalized spacial score (nSPS) is 17.5. The maximum atomic E-state index is 13.5. The van der Waals surface area contributed by atoms with Crippen LogP contribution in [0.3, 0.4) is 0 Å². The molecule has 1 aliphatic carbocycles. The summed E-state index contributed by atoms with van der Waals surface area (Å²) in [6.45, 7) is 6.41. The molecule has 1 amide bonds. The van der Waals surface area contributed by atoms with Gasteiger partial charge in [-0.15, -0.1) is 0 Å². The number of carboxylic acid groups (broad SMARTS) is 2. The molecule has 1 aromatic rings. The van der Waals surface area contributed by atoms with Crippen LogP contribution in [0.2, 0.25) is 0 Å². The topological polar surface area (TPSA) is 119 Å². The molecule has 9 heteroatoms. The molecule has 168 valence electrons. The predicted octanol–water partition coefficient (Wildman–Crippen LogP) is 2.41. The Kier molecular flexibility index (Phi) is 10.8. The van der Waals surface area contributed by atoms with Crippen LogP contribution in [0, 0.1) is 11.7 Å². The summed E-state index contributed by atoms with van der Waals surface area (Å²) < 4.78 is 13.5. The minimum atomic E-state index is -0.655. The van der Waals surface area contributed by atoms with E-state index in [0.717, 1.165) is 38.4 Å². The molecule has 30 heavy (non-hydrogen) atoms. The Morgan fingerprint density at radius 2 is 1.80 bits per heavy atom. The highest BCUT2D eigenvalue weighted by Crippen LogP contribution is 2.33. The summed E-state index contributed by atoms with van der Waals surface area (Å²) in [4.78, 5) is 32.1. The average molecular weight is 426 g/mol. The number of likely N-dealkylation sites (tertiary alicyclic amines) is 1. The summed E-state index contributed by atoms with van der Waals surface area (Å²) in [5.74, 6) is 0.594. The van der Waals surface area contributed by atoms with Gasteiger partial charge in [-0.05, 0) is 63.6 Å². The molecule has 1 saturated heterocycles. The van der Waals surface area contributed by atoms with Crippen LogP contribution in [0.4, 0.5) is 10.1 Å². The van der Waals surface area contributed by atoms with Gasteiger partial charge in [-0.25, -0.2) is 4.39 Å². The largest absolute Gasteiger partial charge is 0.483 e. The van der Waals surface area contributed by atoms with E-state index in [2.05, 4.69) is 15.5 Å². The maximum absolute atomic E-state index is 13.5. The lowest BCUT2D eigenvalue weighted by Crippen LogP contribution is -2.59. The highest BCUT2D eigenvalue weighted by atomic mass is 19.1. The molecule has 0 spiro atoms. The number of carbonyl (C=O) groups is 3. The molecule has 0 unspecified atom stereocenters. The van der Waals surface area contributed by atoms with Crippen molar-refractivity contribution in [3.63, 3.8) is 0 Å². The molecule has 1 aliphatic heterocycles. The molecule has 1 heterocycles. The zero-order chi connectivity index (χ0) is 22.6. The SMILES string of the molecule is CC(C)NC(=O)C1(Nc2cccc(F)c2)CCN(CC2CC2)CC1.O=CO.O=CO. The first-order valence-electron chi connectivity index (χ1n) is 10.0. The lowest BCUT2D eigenvalue weighted by atomic mass is 9.85. The molecule has 2 fully saturated rings. The van der Waals surface area contributed by atoms with Gasteiger partial charge in [0, 0.05) is 31.4 Å². The fourth-order valence-electron chi connectivity index (χ4n) is 3.43. The molecule has 3 rings (SSSR count). The molecule has 1 aromatic carbocycles. The van der Waals surface area contributed by atoms with Gasteiger partial charge in [0.25, 0.3) is 12.9 Å². The number of carbonyl (C=O) groups excluding carboxylic acids is 1. The maximum Gasteiger partial charge on any atom is 0.290 e. The zero-order valence-corrected chi connectivity index (χ0v) is 17.5. The molecule has 1 saturated carbocycles. The first kappa shape index (κ1) is 25.4. The van der Waals surface area contributed by atoms with Gasteiger partial charge in [0.2, 0.25) is 5.91 Å². The van der Waals surface area contributed by atoms with Crippen molar-refractivity contribution in [2.24, 2.45) is 5.92 Å². The van der Waals surface area contributed by atoms with Crippen LogP contribution in [0.15, 0.2) is 24.3 Å². The number of amides is 1. The minimum Gasteiger partial charge on any atom is -0.483 e. The Bertz CT molecular complexity index is 668. The van der Waals surface area contributed by atoms with Crippen LogP contribution in [-0.2, 0) is 14.4 Å². The molecule has 0 aromatic heterocycles. The van der Waals surface area contributed by atoms with Gasteiger partial charge < -0.3 is 25.7 Å². The van der Waals surface area contributed by atoms with Gasteiger partial charge in [0.1, 0.15) is 11.4 Å². The van der Waals surface area contributed by atoms with Crippen LogP contribution >= 0.6 is 0 Å². The van der Waals surface area contributed by atoms with E-state index in [9.17, 15) is 9.18 Å². The lowest BCUT2D eigenvalue weighted by Gasteiger charge is -2.42. The number of hydrogen-bond acceptors (Lipinski definition) is 5. The van der Waals surface area contributed by atoms with Gasteiger partial charge in [0.05, 0.1) is 0 Å². The minimum absolute atomic E-state index is 0.0211. The van der Waals surface area contributed by atoms with Gasteiger partial charge >= 0.3 is 0 Å². The van der Waals surface area contributed by atoms with Crippen LogP contribution in [0.1, 0.15) is 39.5 Å². The molecular weight excluding hydrogens is 393 g/mol. The lowest BCUT2D eigenvalue weighted by molar-refractivity contribution is -0.127. The number of anilines is 1. The quantitative estimate of drug-likeness (QED) is 0.517. The smallest absolute Gasteiger partial charge is 0.290 e. The van der Waals surface area contributed by atoms with Gasteiger partial charge in [0.15, 0.2) is 0 Å². The van der Waals surface area contributed by atoms with Crippen molar-refractivity contribution in [3.05, 3.63) is 30.1 Å². The second kappa shape index (κ2) is 12.8. The van der Waals surface area contributed by atoms with Crippen molar-refractivity contribution in [1.82, 2.24) is 10.2 Å². The fraction of sp³-hybridized carbons (Fsp3) is 0.571. The van der Waals surface area contributed by atoms with Gasteiger partial charge in [-0.2, -0.15) is 0 Å². The fourth-order valence-corrected chi connectivity index (χ4v) is 3.43. The van der Waals surface area contributed by atoms with Crippen LogP contribution < -0.4 is 10.6 Å². The van der Waals surface area contributed by atoms with Crippen molar-refractivity contribution >= 4 is 24.5 Å². The number of piperidine rings is 1. The van der Waals surface area contributed by atoms with Crippen molar-refractivity contribution in [1.29, 1.82) is 0 Å². The van der Waals surface area contributed by atoms with Crippen LogP contribution in [0.25, 0.3) is 0 Å². The van der Waals surface area contributed by atoms with Crippen molar-refractivity contribution in [2.45, 2.75) is 51.1 Å². The molecule has 4 N–H and O–H groups in total. The Morgan fingerprint density at radius 3 is 2.27 bits per heavy atom. The van der Waals surface area contributed by atoms with E-state index in [-0.39, 0.29) is 30.7 Å². The summed E-state index contributed by atoms with van der Waals surface area (Å²) >= 11 is 0. The van der Waals surface area contributed by atoms with E-state index < -0.39 is 5.54 Å². The van der Waals surface area contributed by atoms with E-state index in [1.54, 1.807) is 6.07 Å². The summed E-state index contributed by atoms with van der Waals surface area (Å²) in [6.07, 6.45) is 4.18. The molecule has 0 bridgehead atoms. The number of benzene rings is 1. The molecule has 0 atom stereocenters. The summed E-state index contributed by atoms with van der Waals surface area (Å²) in [5, 5.41) is 20.2. The second-order valence-electron chi connectivity index (χ2n) is 7.80. The summed E-state index contributed by atoms with van der Waals surface area (Å²) in [7, 11) is 0. The monoisotopic (exact) mass is 425 g/mol. The Balaban J connectivity index is 0.000000672. The Labute approximate surface area is 176 Å². The number of nitrogens with zero attached hydrogens (tertiary/aromatic N) is 1. The third kappa shape index (κ3) is 8.77. The predicted molar refractivity (Wildman–Crippen MR) is 112 cm³/mol. The Morgan fingerprint density at radius 1 is 1.23 bits per heavy atom. The summed E-state index contributed by atoms with van der Waals surface area (Å²) in [6, 6.07) is 6.47. The van der Waals surface area contributed by atoms with E-state index in [0.29, 0.717) is 5.69 Å². The van der Waals surface area contributed by atoms with E-state index in [1.165, 1.54) is 25.0 Å². The van der Waals surface area contributed by atoms with Crippen molar-refractivity contribution in [2.75, 3.05) is 25.0 Å². The third-order valence-corrected chi connectivity index (χ3v) is 4.99. The highest BCUT2D eigenvalue weighted by Gasteiger charge is 2.42. The average Bonchev–Trinajstić information content (AvgIpc) is 3.48. The number of nitrogens with one attached hydrogen (secondary N) is 2. The van der Waals surface area contributed by atoms with Crippen LogP contribution in [-0.4, -0.2) is 65.2 Å². The van der Waals surface area contributed by atoms with Crippen molar-refractivity contribution in [3.8, 4) is 0 Å². The van der Waals surface area contributed by atoms with E-state index >= 15 is 0 Å². The van der Waals surface area contributed by atoms with E-state index in [1.807, 2.05) is 19.9 Å². The molecule has 8 nitrogen and oxygen atoms in total. The standard InChI is InChI=1S/C19H28FN3O.2CH2O2/c1-14(2)21-18(24)19(22-17-5-3-4-16(20)12-17)8-10-23(11-9-19)13-15-6-7-15;2*2-1-3/h3-5,12,14-15,22H,6-11,13H2,1-2H3,(H,21,24);2*1H,(H,2,3). The molecule has 0 radical (unpaired) electrons. The first-order chi connectivity index (χ1) is 14.3. The Hall–Kier alpha value is -2.68. The zero-order valence-electron chi connectivity index (χ0n) is 17.5. The third-order valence-electron chi connectivity index (χ3n) is 4.99. The molecular formula is C21H32FN3O5. The van der Waals surface area contributed by atoms with Crippen LogP contribution in [0.5, 0.6) is 0 Å². The number of rotatable bonds is 6. The number of hydrogen-bond donors (Lipinski definition) is 4. The van der Waals surface area contributed by atoms with E-state index in [4.69, 9.17) is 19.8 Å². The van der Waals surface area contributed by atoms with Gasteiger partial charge in [-0.3, -0.25) is 14.4 Å². The molecule has 2 aliphatic rings. The van der Waals surface area contributed by atoms with Crippen molar-refractivity contribution < 1.29 is 29.0 Å². The number of halogens is 1.